The van der Waals surface area contributed by atoms with Gasteiger partial charge in [-0.05, 0) is 12.1 Å². The van der Waals surface area contributed by atoms with Gasteiger partial charge in [-0.1, -0.05) is 42.5 Å². The number of hydrogen-bond donors (Lipinski definition) is 2. The molecule has 0 saturated carbocycles. The van der Waals surface area contributed by atoms with Crippen LogP contribution in [0, 0.1) is 0 Å². The molecular weight excluding hydrogens is 426 g/mol. The number of nitrogens with zero attached hydrogens (tertiary/aromatic N) is 1. The molecule has 2 aromatic rings. The highest BCUT2D eigenvalue weighted by Crippen LogP contribution is 2.22. The number of ketones is 1. The van der Waals surface area contributed by atoms with E-state index in [1.165, 1.54) is 24.3 Å². The summed E-state index contributed by atoms with van der Waals surface area (Å²) < 4.78 is 29.1. The van der Waals surface area contributed by atoms with E-state index < -0.39 is 43.1 Å². The van der Waals surface area contributed by atoms with Crippen LogP contribution in [0.25, 0.3) is 0 Å². The van der Waals surface area contributed by atoms with Crippen LogP contribution in [0.5, 0.6) is 0 Å². The van der Waals surface area contributed by atoms with E-state index in [1.54, 1.807) is 30.3 Å². The number of carboxylic acids is 1. The van der Waals surface area contributed by atoms with Crippen molar-refractivity contribution in [2.45, 2.75) is 25.2 Å². The number of likely N-dealkylation sites (tertiary alicyclic amines) is 1. The molecule has 0 bridgehead atoms. The van der Waals surface area contributed by atoms with Gasteiger partial charge in [-0.25, -0.2) is 4.79 Å². The zero-order valence-electron chi connectivity index (χ0n) is 16.7. The van der Waals surface area contributed by atoms with Crippen LogP contribution in [-0.4, -0.2) is 65.4 Å². The van der Waals surface area contributed by atoms with E-state index in [0.29, 0.717) is 11.1 Å². The zero-order valence-corrected chi connectivity index (χ0v) is 16.7. The van der Waals surface area contributed by atoms with Crippen LogP contribution in [-0.2, 0) is 14.3 Å². The van der Waals surface area contributed by atoms with E-state index in [-0.39, 0.29) is 24.3 Å². The van der Waals surface area contributed by atoms with Crippen molar-refractivity contribution in [2.24, 2.45) is 0 Å². The average molecular weight is 446 g/mol. The molecule has 32 heavy (non-hydrogen) atoms. The number of ether oxygens (including phenoxy) is 1. The first-order valence-corrected chi connectivity index (χ1v) is 9.70. The van der Waals surface area contributed by atoms with Crippen molar-refractivity contribution in [1.82, 2.24) is 10.2 Å². The molecule has 2 amide bonds. The number of benzene rings is 2. The van der Waals surface area contributed by atoms with Gasteiger partial charge >= 0.3 is 12.6 Å². The molecule has 1 aliphatic heterocycles. The quantitative estimate of drug-likeness (QED) is 0.600. The predicted molar refractivity (Wildman–Crippen MR) is 107 cm³/mol. The van der Waals surface area contributed by atoms with E-state index in [4.69, 9.17) is 0 Å². The SMILES string of the molecule is O=C(NCC(=O)N1C[C@H](OC(F)F)C[C@H]1C(=O)O)c1ccc(C(=O)c2ccccc2)cc1. The van der Waals surface area contributed by atoms with Crippen LogP contribution in [0.3, 0.4) is 0 Å². The van der Waals surface area contributed by atoms with Crippen molar-refractivity contribution in [3.8, 4) is 0 Å². The molecule has 0 aliphatic carbocycles. The summed E-state index contributed by atoms with van der Waals surface area (Å²) >= 11 is 0. The summed E-state index contributed by atoms with van der Waals surface area (Å²) in [4.78, 5) is 49.4. The zero-order chi connectivity index (χ0) is 23.3. The maximum absolute atomic E-state index is 12.4. The molecule has 2 N–H and O–H groups in total. The largest absolute Gasteiger partial charge is 0.480 e. The Kier molecular flexibility index (Phi) is 7.26. The number of carbonyl (C=O) groups excluding carboxylic acids is 3. The Balaban J connectivity index is 1.58. The summed E-state index contributed by atoms with van der Waals surface area (Å²) in [7, 11) is 0. The van der Waals surface area contributed by atoms with E-state index >= 15 is 0 Å². The minimum Gasteiger partial charge on any atom is -0.480 e. The van der Waals surface area contributed by atoms with Gasteiger partial charge in [0.15, 0.2) is 5.78 Å². The molecule has 168 valence electrons. The minimum atomic E-state index is -3.08. The normalized spacial score (nSPS) is 17.9. The number of carbonyl (C=O) groups is 4. The third kappa shape index (κ3) is 5.52. The minimum absolute atomic E-state index is 0.192. The second kappa shape index (κ2) is 10.1. The number of aliphatic carboxylic acids is 1. The standard InChI is InChI=1S/C22H20F2N2O6/c23-22(24)32-16-10-17(21(30)31)26(12-16)18(27)11-25-20(29)15-8-6-14(7-9-15)19(28)13-4-2-1-3-5-13/h1-9,16-17,22H,10-12H2,(H,25,29)(H,30,31)/t16-,17+/m1/s1. The molecule has 1 fully saturated rings. The van der Waals surface area contributed by atoms with Gasteiger partial charge in [-0.3, -0.25) is 14.4 Å². The molecule has 0 unspecified atom stereocenters. The second-order valence-corrected chi connectivity index (χ2v) is 7.11. The molecular formula is C22H20F2N2O6. The number of amides is 2. The van der Waals surface area contributed by atoms with Crippen LogP contribution in [0.4, 0.5) is 8.78 Å². The fourth-order valence-electron chi connectivity index (χ4n) is 3.44. The summed E-state index contributed by atoms with van der Waals surface area (Å²) in [6.45, 7) is -3.91. The van der Waals surface area contributed by atoms with Gasteiger partial charge in [0, 0.05) is 29.7 Å². The number of carboxylic acid groups (broad SMARTS) is 1. The van der Waals surface area contributed by atoms with Crippen molar-refractivity contribution in [3.05, 3.63) is 71.3 Å². The smallest absolute Gasteiger partial charge is 0.345 e. The Morgan fingerprint density at radius 1 is 1.00 bits per heavy atom. The fraction of sp³-hybridized carbons (Fsp3) is 0.273. The van der Waals surface area contributed by atoms with E-state index in [0.717, 1.165) is 4.90 Å². The first-order chi connectivity index (χ1) is 15.3. The number of alkyl halides is 2. The van der Waals surface area contributed by atoms with Crippen molar-refractivity contribution in [2.75, 3.05) is 13.1 Å². The second-order valence-electron chi connectivity index (χ2n) is 7.11. The lowest BCUT2D eigenvalue weighted by molar-refractivity contribution is -0.160. The third-order valence-electron chi connectivity index (χ3n) is 5.01. The fourth-order valence-corrected chi connectivity index (χ4v) is 3.44. The Morgan fingerprint density at radius 3 is 2.19 bits per heavy atom. The van der Waals surface area contributed by atoms with Gasteiger partial charge in [-0.2, -0.15) is 8.78 Å². The van der Waals surface area contributed by atoms with Crippen LogP contribution < -0.4 is 5.32 Å². The molecule has 1 aliphatic rings. The molecule has 0 radical (unpaired) electrons. The highest BCUT2D eigenvalue weighted by Gasteiger charge is 2.41. The van der Waals surface area contributed by atoms with Crippen LogP contribution >= 0.6 is 0 Å². The molecule has 1 heterocycles. The molecule has 3 rings (SSSR count). The van der Waals surface area contributed by atoms with Crippen LogP contribution in [0.1, 0.15) is 32.7 Å². The number of nitrogens with one attached hydrogen (secondary N) is 1. The van der Waals surface area contributed by atoms with Crippen LogP contribution in [0.2, 0.25) is 0 Å². The molecule has 8 nitrogen and oxygen atoms in total. The van der Waals surface area contributed by atoms with E-state index in [1.807, 2.05) is 0 Å². The Hall–Kier alpha value is -3.66. The van der Waals surface area contributed by atoms with Gasteiger partial charge in [0.25, 0.3) is 5.91 Å². The molecule has 10 heteroatoms. The van der Waals surface area contributed by atoms with Crippen molar-refractivity contribution in [1.29, 1.82) is 0 Å². The van der Waals surface area contributed by atoms with Gasteiger partial charge in [0.2, 0.25) is 5.91 Å². The third-order valence-corrected chi connectivity index (χ3v) is 5.01. The number of hydrogen-bond acceptors (Lipinski definition) is 5. The predicted octanol–water partition coefficient (Wildman–Crippen LogP) is 1.94. The van der Waals surface area contributed by atoms with Gasteiger partial charge in [-0.15, -0.1) is 0 Å². The lowest BCUT2D eigenvalue weighted by Gasteiger charge is -2.21. The summed E-state index contributed by atoms with van der Waals surface area (Å²) in [6, 6.07) is 13.1. The van der Waals surface area contributed by atoms with Crippen molar-refractivity contribution >= 4 is 23.6 Å². The molecule has 2 atom stereocenters. The summed E-state index contributed by atoms with van der Waals surface area (Å²) in [5.41, 5.74) is 1.08. The van der Waals surface area contributed by atoms with Gasteiger partial charge < -0.3 is 20.1 Å². The first kappa shape index (κ1) is 23.0. The summed E-state index contributed by atoms with van der Waals surface area (Å²) in [5.74, 6) is -2.89. The lowest BCUT2D eigenvalue weighted by atomic mass is 10.0. The van der Waals surface area contributed by atoms with Crippen molar-refractivity contribution < 1.29 is 37.8 Å². The molecule has 0 spiro atoms. The first-order valence-electron chi connectivity index (χ1n) is 9.70. The van der Waals surface area contributed by atoms with Gasteiger partial charge in [0.1, 0.15) is 6.04 Å². The van der Waals surface area contributed by atoms with Gasteiger partial charge in [0.05, 0.1) is 12.6 Å². The molecule has 2 aromatic carbocycles. The topological polar surface area (TPSA) is 113 Å². The van der Waals surface area contributed by atoms with E-state index in [2.05, 4.69) is 10.1 Å². The summed E-state index contributed by atoms with van der Waals surface area (Å²) in [5, 5.41) is 11.6. The van der Waals surface area contributed by atoms with E-state index in [9.17, 15) is 33.1 Å². The maximum atomic E-state index is 12.4. The maximum Gasteiger partial charge on any atom is 0.345 e. The average Bonchev–Trinajstić information content (AvgIpc) is 3.21. The molecule has 1 saturated heterocycles. The Bertz CT molecular complexity index is 997. The highest BCUT2D eigenvalue weighted by molar-refractivity contribution is 6.09. The Morgan fingerprint density at radius 2 is 1.59 bits per heavy atom. The Labute approximate surface area is 181 Å². The molecule has 0 aromatic heterocycles. The van der Waals surface area contributed by atoms with Crippen LogP contribution in [0.15, 0.2) is 54.6 Å². The monoisotopic (exact) mass is 446 g/mol. The highest BCUT2D eigenvalue weighted by atomic mass is 19.3. The summed E-state index contributed by atoms with van der Waals surface area (Å²) in [6.07, 6.45) is -1.37. The number of rotatable bonds is 8. The van der Waals surface area contributed by atoms with Crippen molar-refractivity contribution in [3.63, 3.8) is 0 Å². The lowest BCUT2D eigenvalue weighted by Crippen LogP contribution is -2.45. The number of halogens is 2.